The number of hydrogen-bond donors (Lipinski definition) is 1. The summed E-state index contributed by atoms with van der Waals surface area (Å²) in [7, 11) is 0. The minimum Gasteiger partial charge on any atom is -0.491 e. The summed E-state index contributed by atoms with van der Waals surface area (Å²) in [6, 6.07) is 26.0. The van der Waals surface area contributed by atoms with E-state index in [1.54, 1.807) is 22.4 Å². The fraction of sp³-hybridized carbons (Fsp3) is 0.219. The van der Waals surface area contributed by atoms with E-state index in [0.717, 1.165) is 33.5 Å². The lowest BCUT2D eigenvalue weighted by Crippen LogP contribution is -2.34. The van der Waals surface area contributed by atoms with Crippen LogP contribution in [0.15, 0.2) is 90.4 Å². The third-order valence-corrected chi connectivity index (χ3v) is 7.45. The van der Waals surface area contributed by atoms with Gasteiger partial charge < -0.3 is 15.4 Å². The van der Waals surface area contributed by atoms with Crippen molar-refractivity contribution in [1.29, 1.82) is 0 Å². The molecule has 0 unspecified atom stereocenters. The second-order valence-electron chi connectivity index (χ2n) is 9.98. The van der Waals surface area contributed by atoms with Crippen LogP contribution in [0, 0.1) is 0 Å². The summed E-state index contributed by atoms with van der Waals surface area (Å²) in [5.74, 6) is 0.104. The molecule has 0 bridgehead atoms. The first-order chi connectivity index (χ1) is 19.4. The van der Waals surface area contributed by atoms with Gasteiger partial charge in [0.25, 0.3) is 5.91 Å². The maximum atomic E-state index is 14.1. The van der Waals surface area contributed by atoms with E-state index in [-0.39, 0.29) is 25.0 Å². The summed E-state index contributed by atoms with van der Waals surface area (Å²) >= 11 is 1.68. The Morgan fingerprint density at radius 1 is 1.00 bits per heavy atom. The van der Waals surface area contributed by atoms with E-state index in [2.05, 4.69) is 28.7 Å². The second kappa shape index (κ2) is 12.2. The van der Waals surface area contributed by atoms with Gasteiger partial charge in [-0.05, 0) is 66.1 Å². The summed E-state index contributed by atoms with van der Waals surface area (Å²) in [4.78, 5) is 27.5. The molecule has 0 saturated heterocycles. The van der Waals surface area contributed by atoms with E-state index >= 15 is 0 Å². The lowest BCUT2D eigenvalue weighted by molar-refractivity contribution is -0.118. The Hall–Kier alpha value is -4.43. The van der Waals surface area contributed by atoms with Crippen molar-refractivity contribution < 1.29 is 14.3 Å². The van der Waals surface area contributed by atoms with Crippen LogP contribution >= 0.6 is 11.3 Å². The number of primary amides is 1. The first-order valence-corrected chi connectivity index (χ1v) is 14.2. The molecule has 2 N–H and O–H groups in total. The fourth-order valence-electron chi connectivity index (χ4n) is 4.67. The molecule has 2 amide bonds. The lowest BCUT2D eigenvalue weighted by Gasteiger charge is -2.23. The van der Waals surface area contributed by atoms with Crippen LogP contribution in [0.5, 0.6) is 5.75 Å². The van der Waals surface area contributed by atoms with Crippen LogP contribution in [0.4, 0.5) is 0 Å². The minimum atomic E-state index is -0.457. The number of fused-ring (bicyclic) bond motifs is 1. The van der Waals surface area contributed by atoms with Gasteiger partial charge in [0.2, 0.25) is 5.91 Å². The Bertz CT molecular complexity index is 1610. The van der Waals surface area contributed by atoms with Gasteiger partial charge in [0, 0.05) is 29.8 Å². The van der Waals surface area contributed by atoms with Crippen LogP contribution in [0.1, 0.15) is 41.8 Å². The molecule has 0 atom stereocenters. The highest BCUT2D eigenvalue weighted by Crippen LogP contribution is 2.31. The molecule has 5 rings (SSSR count). The predicted octanol–water partition coefficient (Wildman–Crippen LogP) is 6.12. The van der Waals surface area contributed by atoms with E-state index in [4.69, 9.17) is 10.5 Å². The summed E-state index contributed by atoms with van der Waals surface area (Å²) < 4.78 is 8.81. The van der Waals surface area contributed by atoms with E-state index < -0.39 is 5.91 Å². The highest BCUT2D eigenvalue weighted by molar-refractivity contribution is 7.17. The zero-order chi connectivity index (χ0) is 28.1. The van der Waals surface area contributed by atoms with Crippen molar-refractivity contribution in [3.05, 3.63) is 107 Å². The molecule has 0 saturated carbocycles. The molecule has 0 aliphatic heterocycles. The normalized spacial score (nSPS) is 11.2. The third-order valence-electron chi connectivity index (χ3n) is 6.55. The number of rotatable bonds is 11. The SMILES string of the molecule is CC(C)Oc1ccc(CN(CCC(N)=O)C(=O)c2cnn(Cc3ccccc3)c2-c2ccc3sccc3c2)cc1. The molecule has 0 fully saturated rings. The van der Waals surface area contributed by atoms with Gasteiger partial charge in [0.05, 0.1) is 30.1 Å². The summed E-state index contributed by atoms with van der Waals surface area (Å²) in [6.45, 7) is 4.99. The number of nitrogens with two attached hydrogens (primary N) is 1. The van der Waals surface area contributed by atoms with Crippen LogP contribution in [0.2, 0.25) is 0 Å². The molecular formula is C32H32N4O3S. The first-order valence-electron chi connectivity index (χ1n) is 13.3. The van der Waals surface area contributed by atoms with Gasteiger partial charge >= 0.3 is 0 Å². The Labute approximate surface area is 237 Å². The summed E-state index contributed by atoms with van der Waals surface area (Å²) in [5.41, 5.74) is 9.62. The van der Waals surface area contributed by atoms with Crippen LogP contribution in [0.25, 0.3) is 21.3 Å². The standard InChI is InChI=1S/C32H32N4O3S/c1-22(2)39-27-11-8-24(9-12-27)20-35(16-14-30(33)37)32(38)28-19-34-36(21-23-6-4-3-5-7-23)31(28)26-10-13-29-25(18-26)15-17-40-29/h3-13,15,17-19,22H,14,16,20-21H2,1-2H3,(H2,33,37). The average molecular weight is 553 g/mol. The second-order valence-corrected chi connectivity index (χ2v) is 10.9. The Morgan fingerprint density at radius 3 is 2.50 bits per heavy atom. The van der Waals surface area contributed by atoms with E-state index in [9.17, 15) is 9.59 Å². The molecule has 0 spiro atoms. The molecular weight excluding hydrogens is 520 g/mol. The number of hydrogen-bond acceptors (Lipinski definition) is 5. The van der Waals surface area contributed by atoms with Gasteiger partial charge in [-0.3, -0.25) is 14.3 Å². The van der Waals surface area contributed by atoms with Gasteiger partial charge in [-0.15, -0.1) is 11.3 Å². The number of carbonyl (C=O) groups is 2. The van der Waals surface area contributed by atoms with Crippen LogP contribution in [0.3, 0.4) is 0 Å². The van der Waals surface area contributed by atoms with Crippen molar-refractivity contribution in [2.24, 2.45) is 5.73 Å². The van der Waals surface area contributed by atoms with Crippen molar-refractivity contribution in [1.82, 2.24) is 14.7 Å². The number of amides is 2. The third kappa shape index (κ3) is 6.40. The van der Waals surface area contributed by atoms with Crippen molar-refractivity contribution in [2.45, 2.75) is 39.5 Å². The topological polar surface area (TPSA) is 90.4 Å². The molecule has 2 heterocycles. The maximum Gasteiger partial charge on any atom is 0.258 e. The number of benzene rings is 3. The number of thiophene rings is 1. The Kier molecular flexibility index (Phi) is 8.26. The van der Waals surface area contributed by atoms with Crippen molar-refractivity contribution in [3.63, 3.8) is 0 Å². The summed E-state index contributed by atoms with van der Waals surface area (Å²) in [5, 5.41) is 7.84. The molecule has 40 heavy (non-hydrogen) atoms. The molecule has 2 aromatic heterocycles. The molecule has 204 valence electrons. The quantitative estimate of drug-likeness (QED) is 0.214. The zero-order valence-electron chi connectivity index (χ0n) is 22.6. The monoisotopic (exact) mass is 552 g/mol. The van der Waals surface area contributed by atoms with E-state index in [1.807, 2.05) is 79.2 Å². The molecule has 0 aliphatic carbocycles. The Balaban J connectivity index is 1.51. The Morgan fingerprint density at radius 2 is 1.77 bits per heavy atom. The molecule has 3 aromatic carbocycles. The van der Waals surface area contributed by atoms with Gasteiger partial charge in [0.1, 0.15) is 5.75 Å². The maximum absolute atomic E-state index is 14.1. The lowest BCUT2D eigenvalue weighted by atomic mass is 10.0. The fourth-order valence-corrected chi connectivity index (χ4v) is 5.44. The highest BCUT2D eigenvalue weighted by Gasteiger charge is 2.25. The van der Waals surface area contributed by atoms with Gasteiger partial charge in [-0.25, -0.2) is 0 Å². The van der Waals surface area contributed by atoms with Gasteiger partial charge in [0.15, 0.2) is 0 Å². The van der Waals surface area contributed by atoms with Crippen LogP contribution < -0.4 is 10.5 Å². The summed E-state index contributed by atoms with van der Waals surface area (Å²) in [6.07, 6.45) is 1.77. The largest absolute Gasteiger partial charge is 0.491 e. The van der Waals surface area contributed by atoms with Crippen LogP contribution in [-0.2, 0) is 17.9 Å². The highest BCUT2D eigenvalue weighted by atomic mass is 32.1. The zero-order valence-corrected chi connectivity index (χ0v) is 23.4. The first kappa shape index (κ1) is 27.1. The van der Waals surface area contributed by atoms with Crippen molar-refractivity contribution in [3.8, 4) is 17.0 Å². The van der Waals surface area contributed by atoms with Crippen LogP contribution in [-0.4, -0.2) is 39.1 Å². The van der Waals surface area contributed by atoms with Crippen molar-refractivity contribution in [2.75, 3.05) is 6.54 Å². The molecule has 5 aromatic rings. The smallest absolute Gasteiger partial charge is 0.258 e. The molecule has 0 radical (unpaired) electrons. The number of carbonyl (C=O) groups excluding carboxylic acids is 2. The molecule has 7 nitrogen and oxygen atoms in total. The van der Waals surface area contributed by atoms with Gasteiger partial charge in [-0.2, -0.15) is 5.10 Å². The molecule has 8 heteroatoms. The number of nitrogens with zero attached hydrogens (tertiary/aromatic N) is 3. The van der Waals surface area contributed by atoms with Gasteiger partial charge in [-0.1, -0.05) is 48.5 Å². The number of ether oxygens (including phenoxy) is 1. The van der Waals surface area contributed by atoms with E-state index in [1.165, 1.54) is 4.70 Å². The number of aromatic nitrogens is 2. The van der Waals surface area contributed by atoms with Crippen molar-refractivity contribution >= 4 is 33.2 Å². The molecule has 0 aliphatic rings. The average Bonchev–Trinajstić information content (AvgIpc) is 3.58. The predicted molar refractivity (Wildman–Crippen MR) is 159 cm³/mol. The minimum absolute atomic E-state index is 0.0641. The van der Waals surface area contributed by atoms with E-state index in [0.29, 0.717) is 18.7 Å².